The van der Waals surface area contributed by atoms with Crippen molar-refractivity contribution in [1.82, 2.24) is 25.0 Å². The number of para-hydroxylation sites is 1. The molecule has 3 heterocycles. The number of nitrogens with zero attached hydrogens (tertiary/aromatic N) is 5. The van der Waals surface area contributed by atoms with E-state index >= 15 is 0 Å². The molecule has 2 aromatic carbocycles. The van der Waals surface area contributed by atoms with E-state index in [1.807, 2.05) is 60.9 Å². The molecule has 0 N–H and O–H groups in total. The predicted molar refractivity (Wildman–Crippen MR) is 123 cm³/mol. The first-order valence-electron chi connectivity index (χ1n) is 10.8. The summed E-state index contributed by atoms with van der Waals surface area (Å²) in [6.45, 7) is 0.466. The van der Waals surface area contributed by atoms with Gasteiger partial charge in [-0.05, 0) is 54.8 Å². The van der Waals surface area contributed by atoms with Crippen LogP contribution in [0.15, 0.2) is 85.3 Å². The molecule has 0 bridgehead atoms. The smallest absolute Gasteiger partial charge is 0.131 e. The van der Waals surface area contributed by atoms with Crippen LogP contribution in [0, 0.1) is 0 Å². The van der Waals surface area contributed by atoms with Crippen molar-refractivity contribution in [3.8, 4) is 22.7 Å². The van der Waals surface area contributed by atoms with Crippen molar-refractivity contribution in [2.24, 2.45) is 0 Å². The quantitative estimate of drug-likeness (QED) is 0.372. The number of fused-ring (bicyclic) bond motifs is 1. The molecule has 6 heteroatoms. The van der Waals surface area contributed by atoms with E-state index in [2.05, 4.69) is 33.5 Å². The van der Waals surface area contributed by atoms with Crippen molar-refractivity contribution < 1.29 is 4.74 Å². The molecule has 0 spiro atoms. The molecule has 32 heavy (non-hydrogen) atoms. The molecular formula is C26H21N5O. The fraction of sp³-hybridized carbons (Fsp3) is 0.154. The van der Waals surface area contributed by atoms with E-state index in [4.69, 9.17) is 9.72 Å². The van der Waals surface area contributed by atoms with Gasteiger partial charge < -0.3 is 4.74 Å². The SMILES string of the molecule is c1cnc(C2CC2)c(-c2cc(OCc3ccc(-n4ccnn4)cc3)c3ccccc3n2)c1. The molecule has 6 nitrogen and oxygen atoms in total. The molecule has 0 radical (unpaired) electrons. The Morgan fingerprint density at radius 3 is 2.62 bits per heavy atom. The largest absolute Gasteiger partial charge is 0.488 e. The minimum Gasteiger partial charge on any atom is -0.488 e. The first-order valence-corrected chi connectivity index (χ1v) is 10.8. The standard InChI is InChI=1S/C26H21N5O/c1-2-6-23-21(4-1)25(16-24(29-23)22-5-3-13-27-26(22)19-9-10-19)32-17-18-7-11-20(12-8-18)31-15-14-28-30-31/h1-8,11-16,19H,9-10,17H2. The Kier molecular flexibility index (Phi) is 4.61. The second-order valence-corrected chi connectivity index (χ2v) is 8.04. The van der Waals surface area contributed by atoms with Gasteiger partial charge in [0.05, 0.1) is 35.0 Å². The highest BCUT2D eigenvalue weighted by Crippen LogP contribution is 2.43. The third-order valence-corrected chi connectivity index (χ3v) is 5.77. The zero-order chi connectivity index (χ0) is 21.3. The first kappa shape index (κ1) is 18.7. The predicted octanol–water partition coefficient (Wildman–Crippen LogP) is 5.33. The molecular weight excluding hydrogens is 398 g/mol. The maximum atomic E-state index is 6.32. The summed E-state index contributed by atoms with van der Waals surface area (Å²) in [5.74, 6) is 1.38. The summed E-state index contributed by atoms with van der Waals surface area (Å²) in [5, 5.41) is 8.89. The van der Waals surface area contributed by atoms with Crippen LogP contribution >= 0.6 is 0 Å². The zero-order valence-corrected chi connectivity index (χ0v) is 17.4. The van der Waals surface area contributed by atoms with E-state index in [9.17, 15) is 0 Å². The molecule has 156 valence electrons. The second kappa shape index (κ2) is 7.89. The van der Waals surface area contributed by atoms with E-state index in [-0.39, 0.29) is 0 Å². The Balaban J connectivity index is 1.32. The fourth-order valence-corrected chi connectivity index (χ4v) is 3.97. The minimum atomic E-state index is 0.466. The van der Waals surface area contributed by atoms with Gasteiger partial charge in [-0.15, -0.1) is 5.10 Å². The Morgan fingerprint density at radius 2 is 1.81 bits per heavy atom. The van der Waals surface area contributed by atoms with Crippen molar-refractivity contribution in [2.45, 2.75) is 25.4 Å². The number of benzene rings is 2. The Bertz CT molecular complexity index is 1380. The number of hydrogen-bond acceptors (Lipinski definition) is 5. The zero-order valence-electron chi connectivity index (χ0n) is 17.4. The van der Waals surface area contributed by atoms with Crippen LogP contribution in [0.5, 0.6) is 5.75 Å². The van der Waals surface area contributed by atoms with Gasteiger partial charge in [0.1, 0.15) is 12.4 Å². The van der Waals surface area contributed by atoms with Crippen LogP contribution in [-0.2, 0) is 6.61 Å². The van der Waals surface area contributed by atoms with Crippen LogP contribution in [0.3, 0.4) is 0 Å². The van der Waals surface area contributed by atoms with Gasteiger partial charge in [-0.2, -0.15) is 0 Å². The molecule has 1 saturated carbocycles. The summed E-state index contributed by atoms with van der Waals surface area (Å²) in [6.07, 6.45) is 7.76. The van der Waals surface area contributed by atoms with E-state index in [1.54, 1.807) is 10.9 Å². The van der Waals surface area contributed by atoms with Crippen molar-refractivity contribution in [3.63, 3.8) is 0 Å². The number of aromatic nitrogens is 5. The summed E-state index contributed by atoms with van der Waals surface area (Å²) < 4.78 is 8.05. The lowest BCUT2D eigenvalue weighted by Crippen LogP contribution is -2.00. The normalized spacial score (nSPS) is 13.4. The number of hydrogen-bond donors (Lipinski definition) is 0. The highest BCUT2D eigenvalue weighted by Gasteiger charge is 2.28. The summed E-state index contributed by atoms with van der Waals surface area (Å²) in [5.41, 5.74) is 6.12. The fourth-order valence-electron chi connectivity index (χ4n) is 3.97. The third kappa shape index (κ3) is 3.60. The van der Waals surface area contributed by atoms with Gasteiger partial charge in [0, 0.05) is 29.1 Å². The Labute approximate surface area is 185 Å². The molecule has 1 aliphatic carbocycles. The molecule has 0 unspecified atom stereocenters. The van der Waals surface area contributed by atoms with E-state index in [1.165, 1.54) is 12.8 Å². The number of ether oxygens (including phenoxy) is 1. The average Bonchev–Trinajstić information content (AvgIpc) is 3.56. The second-order valence-electron chi connectivity index (χ2n) is 8.04. The lowest BCUT2D eigenvalue weighted by atomic mass is 10.0. The summed E-state index contributed by atoms with van der Waals surface area (Å²) in [7, 11) is 0. The van der Waals surface area contributed by atoms with Crippen LogP contribution in [-0.4, -0.2) is 25.0 Å². The van der Waals surface area contributed by atoms with Gasteiger partial charge in [-0.3, -0.25) is 4.98 Å². The van der Waals surface area contributed by atoms with Crippen molar-refractivity contribution in [3.05, 3.63) is 96.6 Å². The molecule has 0 aliphatic heterocycles. The molecule has 0 saturated heterocycles. The van der Waals surface area contributed by atoms with Crippen molar-refractivity contribution in [2.75, 3.05) is 0 Å². The third-order valence-electron chi connectivity index (χ3n) is 5.77. The molecule has 6 rings (SSSR count). The van der Waals surface area contributed by atoms with Crippen LogP contribution in [0.4, 0.5) is 0 Å². The Hall–Kier alpha value is -4.06. The van der Waals surface area contributed by atoms with Gasteiger partial charge in [0.25, 0.3) is 0 Å². The maximum absolute atomic E-state index is 6.32. The van der Waals surface area contributed by atoms with Gasteiger partial charge in [0.15, 0.2) is 0 Å². The molecule has 5 aromatic rings. The highest BCUT2D eigenvalue weighted by atomic mass is 16.5. The molecule has 1 fully saturated rings. The number of pyridine rings is 2. The van der Waals surface area contributed by atoms with Gasteiger partial charge in [-0.25, -0.2) is 9.67 Å². The summed E-state index contributed by atoms with van der Waals surface area (Å²) in [4.78, 5) is 9.59. The van der Waals surface area contributed by atoms with E-state index < -0.39 is 0 Å². The molecule has 0 atom stereocenters. The molecule has 3 aromatic heterocycles. The summed E-state index contributed by atoms with van der Waals surface area (Å²) in [6, 6.07) is 22.4. The Morgan fingerprint density at radius 1 is 0.938 bits per heavy atom. The van der Waals surface area contributed by atoms with E-state index in [0.29, 0.717) is 12.5 Å². The van der Waals surface area contributed by atoms with Crippen LogP contribution in [0.25, 0.3) is 27.8 Å². The summed E-state index contributed by atoms with van der Waals surface area (Å²) >= 11 is 0. The first-order chi connectivity index (χ1) is 15.8. The number of rotatable bonds is 6. The topological polar surface area (TPSA) is 65.7 Å². The average molecular weight is 419 g/mol. The maximum Gasteiger partial charge on any atom is 0.131 e. The highest BCUT2D eigenvalue weighted by molar-refractivity contribution is 5.88. The van der Waals surface area contributed by atoms with E-state index in [0.717, 1.165) is 44.9 Å². The van der Waals surface area contributed by atoms with Crippen LogP contribution in [0.1, 0.15) is 30.0 Å². The van der Waals surface area contributed by atoms with Crippen molar-refractivity contribution in [1.29, 1.82) is 0 Å². The van der Waals surface area contributed by atoms with Crippen molar-refractivity contribution >= 4 is 10.9 Å². The van der Waals surface area contributed by atoms with Gasteiger partial charge in [0.2, 0.25) is 0 Å². The lowest BCUT2D eigenvalue weighted by molar-refractivity contribution is 0.310. The van der Waals surface area contributed by atoms with Crippen LogP contribution < -0.4 is 4.74 Å². The van der Waals surface area contributed by atoms with Gasteiger partial charge >= 0.3 is 0 Å². The monoisotopic (exact) mass is 419 g/mol. The minimum absolute atomic E-state index is 0.466. The van der Waals surface area contributed by atoms with Gasteiger partial charge in [-0.1, -0.05) is 29.5 Å². The molecule has 1 aliphatic rings. The van der Waals surface area contributed by atoms with Crippen LogP contribution in [0.2, 0.25) is 0 Å². The lowest BCUT2D eigenvalue weighted by Gasteiger charge is -2.13. The molecule has 0 amide bonds.